The molecule has 10 atom stereocenters. The second-order valence-electron chi connectivity index (χ2n) is 15.4. The fraction of sp³-hybridized carbons (Fsp3) is 0.795. The molecule has 0 aliphatic carbocycles. The average molecular weight is 795 g/mol. The Bertz CT molecular complexity index is 1520. The van der Waals surface area contributed by atoms with E-state index in [2.05, 4.69) is 17.2 Å². The first-order valence-electron chi connectivity index (χ1n) is 20.6. The maximum Gasteiger partial charge on any atom is 0.330 e. The molecule has 0 spiro atoms. The molecule has 1 aromatic heterocycles. The van der Waals surface area contributed by atoms with E-state index in [1.54, 1.807) is 18.0 Å². The van der Waals surface area contributed by atoms with Gasteiger partial charge >= 0.3 is 5.69 Å². The molecule has 2 amide bonds. The van der Waals surface area contributed by atoms with E-state index in [0.29, 0.717) is 6.54 Å². The summed E-state index contributed by atoms with van der Waals surface area (Å²) in [6.07, 6.45) is 7.61. The molecular weight excluding hydrogens is 728 g/mol. The molecule has 2 saturated heterocycles. The zero-order valence-electron chi connectivity index (χ0n) is 33.3. The van der Waals surface area contributed by atoms with Gasteiger partial charge in [0, 0.05) is 38.9 Å². The number of nitrogens with two attached hydrogens (primary N) is 1. The van der Waals surface area contributed by atoms with Crippen molar-refractivity contribution in [2.45, 2.75) is 165 Å². The second-order valence-corrected chi connectivity index (χ2v) is 15.4. The first-order chi connectivity index (χ1) is 26.9. The number of nitrogens with zero attached hydrogens (tertiary/aromatic N) is 3. The van der Waals surface area contributed by atoms with Crippen LogP contribution in [0.25, 0.3) is 0 Å². The first kappa shape index (κ1) is 45.7. The summed E-state index contributed by atoms with van der Waals surface area (Å²) in [7, 11) is 3.02. The zero-order valence-corrected chi connectivity index (χ0v) is 33.3. The van der Waals surface area contributed by atoms with Crippen LogP contribution in [0.3, 0.4) is 0 Å². The van der Waals surface area contributed by atoms with Crippen molar-refractivity contribution in [2.24, 2.45) is 5.73 Å². The van der Waals surface area contributed by atoms with Crippen LogP contribution in [-0.4, -0.2) is 140 Å². The number of aromatic nitrogens is 2. The van der Waals surface area contributed by atoms with Gasteiger partial charge in [0.15, 0.2) is 12.5 Å². The number of likely N-dealkylation sites (N-methyl/N-ethyl adjacent to an activating group) is 2. The highest BCUT2D eigenvalue weighted by atomic mass is 16.7. The van der Waals surface area contributed by atoms with E-state index in [1.807, 2.05) is 0 Å². The van der Waals surface area contributed by atoms with Gasteiger partial charge in [-0.25, -0.2) is 4.79 Å². The molecule has 1 aromatic rings. The van der Waals surface area contributed by atoms with Gasteiger partial charge in [-0.1, -0.05) is 96.8 Å². The zero-order chi connectivity index (χ0) is 40.8. The minimum Gasteiger partial charge on any atom is -0.387 e. The van der Waals surface area contributed by atoms with Crippen molar-refractivity contribution in [1.82, 2.24) is 24.7 Å². The molecule has 8 N–H and O–H groups in total. The molecule has 3 aliphatic rings. The summed E-state index contributed by atoms with van der Waals surface area (Å²) in [6.45, 7) is 2.59. The molecule has 3 aliphatic heterocycles. The molecule has 318 valence electrons. The second kappa shape index (κ2) is 22.8. The molecule has 0 bridgehead atoms. The predicted octanol–water partition coefficient (Wildman–Crippen LogP) is 0.590. The van der Waals surface area contributed by atoms with Gasteiger partial charge in [0.25, 0.3) is 11.5 Å². The first-order valence-corrected chi connectivity index (χ1v) is 20.6. The van der Waals surface area contributed by atoms with E-state index in [1.165, 1.54) is 82.6 Å². The largest absolute Gasteiger partial charge is 0.387 e. The number of hydrogen-bond donors (Lipinski definition) is 7. The number of carbonyl (C=O) groups is 2. The van der Waals surface area contributed by atoms with Gasteiger partial charge in [-0.3, -0.25) is 28.8 Å². The van der Waals surface area contributed by atoms with Crippen LogP contribution in [0, 0.1) is 0 Å². The van der Waals surface area contributed by atoms with Crippen LogP contribution in [0.5, 0.6) is 0 Å². The molecule has 56 heavy (non-hydrogen) atoms. The van der Waals surface area contributed by atoms with Gasteiger partial charge in [-0.2, -0.15) is 0 Å². The van der Waals surface area contributed by atoms with E-state index >= 15 is 0 Å². The van der Waals surface area contributed by atoms with Crippen molar-refractivity contribution < 1.29 is 44.2 Å². The molecular formula is C39H66N6O11. The molecule has 4 heterocycles. The third-order valence-electron chi connectivity index (χ3n) is 11.2. The molecule has 0 saturated carbocycles. The minimum atomic E-state index is -1.75. The number of amides is 2. The number of aliphatic hydroxyl groups is 4. The van der Waals surface area contributed by atoms with Crippen molar-refractivity contribution in [1.29, 1.82) is 0 Å². The lowest BCUT2D eigenvalue weighted by molar-refractivity contribution is -0.232. The molecule has 2 fully saturated rings. The molecule has 0 radical (unpaired) electrons. The van der Waals surface area contributed by atoms with E-state index in [0.717, 1.165) is 42.5 Å². The van der Waals surface area contributed by atoms with Crippen molar-refractivity contribution in [3.05, 3.63) is 44.9 Å². The van der Waals surface area contributed by atoms with Crippen molar-refractivity contribution >= 4 is 11.8 Å². The van der Waals surface area contributed by atoms with Gasteiger partial charge in [0.05, 0.1) is 0 Å². The number of hydrogen-bond acceptors (Lipinski definition) is 13. The van der Waals surface area contributed by atoms with E-state index in [4.69, 9.17) is 19.9 Å². The van der Waals surface area contributed by atoms with E-state index in [9.17, 15) is 39.6 Å². The Morgan fingerprint density at radius 3 is 2.02 bits per heavy atom. The summed E-state index contributed by atoms with van der Waals surface area (Å²) in [5.74, 6) is -1.08. The Hall–Kier alpha value is -3.00. The Labute approximate surface area is 329 Å². The molecule has 0 unspecified atom stereocenters. The van der Waals surface area contributed by atoms with Crippen LogP contribution >= 0.6 is 0 Å². The normalized spacial score (nSPS) is 29.1. The number of nitrogens with one attached hydrogen (secondary N) is 2. The van der Waals surface area contributed by atoms with Gasteiger partial charge in [0.1, 0.15) is 54.5 Å². The maximum atomic E-state index is 14.3. The number of aliphatic hydroxyl groups excluding tert-OH is 4. The Balaban J connectivity index is 1.33. The number of carbonyl (C=O) groups excluding carboxylic acids is 2. The SMILES string of the molecule is CCCCCCCCCCCCCCCCCNC(=O)C1=CCN(C)[C@@H]([C@H](O[C@@H]2O[C@H](CN)[C@@H](O)[C@H]2O)[C@H]2O[C@@H](n3ccc(=O)[nH]c3=O)[C@H](O)[C@@H]2O)C(=O)N1C. The van der Waals surface area contributed by atoms with Crippen LogP contribution in [0.2, 0.25) is 0 Å². The summed E-state index contributed by atoms with van der Waals surface area (Å²) < 4.78 is 18.7. The van der Waals surface area contributed by atoms with Crippen molar-refractivity contribution in [3.63, 3.8) is 0 Å². The smallest absolute Gasteiger partial charge is 0.330 e. The van der Waals surface area contributed by atoms with Gasteiger partial charge in [0.2, 0.25) is 5.91 Å². The van der Waals surface area contributed by atoms with Crippen LogP contribution in [0.4, 0.5) is 0 Å². The summed E-state index contributed by atoms with van der Waals surface area (Å²) in [6, 6.07) is -0.266. The summed E-state index contributed by atoms with van der Waals surface area (Å²) in [5.41, 5.74) is 4.20. The summed E-state index contributed by atoms with van der Waals surface area (Å²) >= 11 is 0. The highest BCUT2D eigenvalue weighted by Crippen LogP contribution is 2.36. The minimum absolute atomic E-state index is 0.0681. The Kier molecular flexibility index (Phi) is 18.6. The molecule has 4 rings (SSSR count). The van der Waals surface area contributed by atoms with Crippen molar-refractivity contribution in [3.8, 4) is 0 Å². The lowest BCUT2D eigenvalue weighted by Gasteiger charge is -2.38. The number of ether oxygens (including phenoxy) is 3. The summed E-state index contributed by atoms with van der Waals surface area (Å²) in [4.78, 5) is 56.8. The molecule has 0 aromatic carbocycles. The number of rotatable bonds is 23. The summed E-state index contributed by atoms with van der Waals surface area (Å²) in [5, 5.41) is 46.6. The number of unbranched alkanes of at least 4 members (excludes halogenated alkanes) is 14. The van der Waals surface area contributed by atoms with Crippen LogP contribution in [0.15, 0.2) is 33.6 Å². The third kappa shape index (κ3) is 12.0. The van der Waals surface area contributed by atoms with E-state index < -0.39 is 84.4 Å². The molecule has 17 nitrogen and oxygen atoms in total. The van der Waals surface area contributed by atoms with E-state index in [-0.39, 0.29) is 18.8 Å². The average Bonchev–Trinajstić information content (AvgIpc) is 3.58. The fourth-order valence-corrected chi connectivity index (χ4v) is 7.73. The fourth-order valence-electron chi connectivity index (χ4n) is 7.73. The number of H-pyrrole nitrogens is 1. The highest BCUT2D eigenvalue weighted by molar-refractivity contribution is 5.99. The quantitative estimate of drug-likeness (QED) is 0.0752. The van der Waals surface area contributed by atoms with Gasteiger partial charge in [-0.05, 0) is 19.5 Å². The van der Waals surface area contributed by atoms with Gasteiger partial charge < -0.3 is 50.6 Å². The monoisotopic (exact) mass is 794 g/mol. The highest BCUT2D eigenvalue weighted by Gasteiger charge is 2.55. The van der Waals surface area contributed by atoms with Gasteiger partial charge in [-0.15, -0.1) is 0 Å². The lowest BCUT2D eigenvalue weighted by atomic mass is 9.97. The predicted molar refractivity (Wildman–Crippen MR) is 207 cm³/mol. The topological polar surface area (TPSA) is 242 Å². The number of aromatic amines is 1. The van der Waals surface area contributed by atoms with Crippen LogP contribution < -0.4 is 22.3 Å². The van der Waals surface area contributed by atoms with Crippen LogP contribution in [0.1, 0.15) is 109 Å². The third-order valence-corrected chi connectivity index (χ3v) is 11.2. The van der Waals surface area contributed by atoms with Crippen LogP contribution in [-0.2, 0) is 23.8 Å². The van der Waals surface area contributed by atoms with Crippen molar-refractivity contribution in [2.75, 3.05) is 33.7 Å². The Morgan fingerprint density at radius 1 is 0.875 bits per heavy atom. The standard InChI is InChI=1S/C39H66N6O11/c1-4-5-6-7-8-9-10-11-12-13-14-15-16-17-18-21-41-35(51)25-19-22-43(2)28(36(52)44(25)3)33(56-38-32(50)29(47)26(24-40)54-38)34-30(48)31(49)37(55-34)45-23-20-27(46)42-39(45)53/h19-20,23,26,28-34,37-38,47-50H,4-18,21-22,24,40H2,1-3H3,(H,41,51)(H,42,46,53)/t26-,28+,29-,30+,31-,32-,33+,34+,37-,38+/m1/s1. The lowest BCUT2D eigenvalue weighted by Crippen LogP contribution is -2.59. The molecule has 17 heteroatoms. The Morgan fingerprint density at radius 2 is 1.46 bits per heavy atom. The maximum absolute atomic E-state index is 14.3.